The summed E-state index contributed by atoms with van der Waals surface area (Å²) < 4.78 is 2.79. The average Bonchev–Trinajstić information content (AvgIpc) is 3.53. The Kier molecular flexibility index (Phi) is 4.94. The second kappa shape index (κ2) is 8.06. The highest BCUT2D eigenvalue weighted by molar-refractivity contribution is 5.90. The summed E-state index contributed by atoms with van der Waals surface area (Å²) in [6.45, 7) is -0.213. The molecule has 0 spiro atoms. The molecule has 1 amide bonds. The van der Waals surface area contributed by atoms with E-state index in [1.807, 2.05) is 36.4 Å². The lowest BCUT2D eigenvalue weighted by atomic mass is 10.0. The Labute approximate surface area is 182 Å². The molecule has 1 aliphatic carbocycles. The van der Waals surface area contributed by atoms with Gasteiger partial charge in [0.25, 0.3) is 0 Å². The summed E-state index contributed by atoms with van der Waals surface area (Å²) in [4.78, 5) is 26.3. The zero-order valence-electron chi connectivity index (χ0n) is 17.0. The quantitative estimate of drug-likeness (QED) is 0.371. The van der Waals surface area contributed by atoms with Crippen molar-refractivity contribution >= 4 is 17.7 Å². The molecule has 0 bridgehead atoms. The van der Waals surface area contributed by atoms with Crippen molar-refractivity contribution in [3.8, 4) is 16.9 Å². The van der Waals surface area contributed by atoms with Gasteiger partial charge in [-0.05, 0) is 53.5 Å². The first kappa shape index (κ1) is 19.6. The molecular formula is C22H19N7O3. The minimum absolute atomic E-state index is 0.213. The molecule has 0 atom stereocenters. The number of benzene rings is 2. The van der Waals surface area contributed by atoms with Crippen molar-refractivity contribution in [1.82, 2.24) is 24.5 Å². The largest absolute Gasteiger partial charge is 0.490 e. The Hall–Kier alpha value is -4.34. The van der Waals surface area contributed by atoms with Gasteiger partial charge in [-0.1, -0.05) is 35.3 Å². The number of nitrogens with zero attached hydrogens (tertiary/aromatic N) is 6. The lowest BCUT2D eigenvalue weighted by Crippen LogP contribution is -2.21. The van der Waals surface area contributed by atoms with Gasteiger partial charge in [0, 0.05) is 16.7 Å². The number of nitrogens with one attached hydrogen (secondary N) is 1. The van der Waals surface area contributed by atoms with E-state index in [0.29, 0.717) is 5.82 Å². The lowest BCUT2D eigenvalue weighted by molar-refractivity contribution is -0.394. The normalized spacial score (nSPS) is 12.5. The van der Waals surface area contributed by atoms with Gasteiger partial charge in [-0.3, -0.25) is 4.79 Å². The van der Waals surface area contributed by atoms with Crippen LogP contribution in [0.2, 0.25) is 0 Å². The number of nitro groups is 1. The third kappa shape index (κ3) is 3.85. The molecule has 1 aliphatic rings. The monoisotopic (exact) mass is 429 g/mol. The zero-order valence-corrected chi connectivity index (χ0v) is 17.0. The van der Waals surface area contributed by atoms with Gasteiger partial charge in [-0.25, -0.2) is 4.68 Å². The van der Waals surface area contributed by atoms with Crippen molar-refractivity contribution in [3.05, 3.63) is 82.2 Å². The number of amides is 1. The number of fused-ring (bicyclic) bond motifs is 1. The topological polar surface area (TPSA) is 121 Å². The maximum atomic E-state index is 12.6. The molecular weight excluding hydrogens is 410 g/mol. The van der Waals surface area contributed by atoms with Gasteiger partial charge in [0.2, 0.25) is 12.2 Å². The van der Waals surface area contributed by atoms with Crippen LogP contribution in [-0.2, 0) is 24.2 Å². The molecule has 4 aromatic rings. The van der Waals surface area contributed by atoms with Crippen LogP contribution in [0.5, 0.6) is 0 Å². The predicted octanol–water partition coefficient (Wildman–Crippen LogP) is 3.17. The Morgan fingerprint density at radius 3 is 2.66 bits per heavy atom. The van der Waals surface area contributed by atoms with Gasteiger partial charge in [0.1, 0.15) is 12.4 Å². The molecule has 5 rings (SSSR count). The number of aryl methyl sites for hydroxylation is 2. The van der Waals surface area contributed by atoms with Crippen LogP contribution in [0.15, 0.2) is 60.9 Å². The first-order valence-electron chi connectivity index (χ1n) is 10.2. The molecule has 0 saturated heterocycles. The van der Waals surface area contributed by atoms with E-state index in [1.165, 1.54) is 17.5 Å². The maximum absolute atomic E-state index is 12.6. The van der Waals surface area contributed by atoms with E-state index >= 15 is 0 Å². The second-order valence-electron chi connectivity index (χ2n) is 7.55. The van der Waals surface area contributed by atoms with Gasteiger partial charge in [-0.2, -0.15) is 9.78 Å². The molecule has 32 heavy (non-hydrogen) atoms. The summed E-state index contributed by atoms with van der Waals surface area (Å²) in [5, 5.41) is 22.0. The van der Waals surface area contributed by atoms with Crippen LogP contribution < -0.4 is 5.32 Å². The highest BCUT2D eigenvalue weighted by Gasteiger charge is 2.19. The van der Waals surface area contributed by atoms with Crippen LogP contribution in [0, 0.1) is 10.1 Å². The summed E-state index contributed by atoms with van der Waals surface area (Å²) in [5.41, 5.74) is 5.26. The standard InChI is InChI=1S/C22H19N7O3/c30-21(13-27-14-23-22(26-27)29(31)32)24-20-12-19(25-28(20)18-7-2-1-3-8-18)17-10-9-15-5-4-6-16(15)11-17/h1-3,7-12,14H,4-6,13H2,(H,24,30). The molecule has 2 heterocycles. The summed E-state index contributed by atoms with van der Waals surface area (Å²) in [5.74, 6) is -0.459. The first-order valence-corrected chi connectivity index (χ1v) is 10.2. The minimum Gasteiger partial charge on any atom is -0.390 e. The maximum Gasteiger partial charge on any atom is 0.490 e. The summed E-state index contributed by atoms with van der Waals surface area (Å²) in [7, 11) is 0. The number of para-hydroxylation sites is 1. The molecule has 0 aliphatic heterocycles. The third-order valence-corrected chi connectivity index (χ3v) is 5.37. The van der Waals surface area contributed by atoms with Crippen LogP contribution in [0.25, 0.3) is 16.9 Å². The van der Waals surface area contributed by atoms with Crippen LogP contribution in [-0.4, -0.2) is 35.4 Å². The first-order chi connectivity index (χ1) is 15.6. The predicted molar refractivity (Wildman–Crippen MR) is 116 cm³/mol. The van der Waals surface area contributed by atoms with Crippen LogP contribution in [0.1, 0.15) is 17.5 Å². The average molecular weight is 429 g/mol. The molecule has 0 saturated carbocycles. The van der Waals surface area contributed by atoms with E-state index in [9.17, 15) is 14.9 Å². The van der Waals surface area contributed by atoms with Crippen molar-refractivity contribution in [2.45, 2.75) is 25.8 Å². The summed E-state index contributed by atoms with van der Waals surface area (Å²) in [6.07, 6.45) is 4.49. The van der Waals surface area contributed by atoms with E-state index in [4.69, 9.17) is 5.10 Å². The Morgan fingerprint density at radius 1 is 1.06 bits per heavy atom. The van der Waals surface area contributed by atoms with Crippen LogP contribution >= 0.6 is 0 Å². The summed E-state index contributed by atoms with van der Waals surface area (Å²) >= 11 is 0. The fourth-order valence-corrected chi connectivity index (χ4v) is 3.88. The number of hydrogen-bond donors (Lipinski definition) is 1. The molecule has 0 fully saturated rings. The SMILES string of the molecule is O=C(Cn1cnc([N+](=O)[O-])n1)Nc1cc(-c2ccc3c(c2)CCC3)nn1-c1ccccc1. The third-order valence-electron chi connectivity index (χ3n) is 5.37. The number of hydrogen-bond acceptors (Lipinski definition) is 6. The van der Waals surface area contributed by atoms with Crippen molar-refractivity contribution in [1.29, 1.82) is 0 Å². The molecule has 0 radical (unpaired) electrons. The van der Waals surface area contributed by atoms with Gasteiger partial charge < -0.3 is 15.4 Å². The van der Waals surface area contributed by atoms with E-state index in [-0.39, 0.29) is 6.54 Å². The Bertz CT molecular complexity index is 1310. The van der Waals surface area contributed by atoms with Crippen molar-refractivity contribution < 1.29 is 9.72 Å². The van der Waals surface area contributed by atoms with E-state index in [2.05, 4.69) is 33.6 Å². The number of anilines is 1. The number of aromatic nitrogens is 5. The molecule has 10 heteroatoms. The van der Waals surface area contributed by atoms with Gasteiger partial charge in [0.05, 0.1) is 11.4 Å². The molecule has 2 aromatic carbocycles. The number of rotatable bonds is 6. The van der Waals surface area contributed by atoms with Gasteiger partial charge in [0.15, 0.2) is 0 Å². The second-order valence-corrected chi connectivity index (χ2v) is 7.55. The Morgan fingerprint density at radius 2 is 1.88 bits per heavy atom. The van der Waals surface area contributed by atoms with Gasteiger partial charge >= 0.3 is 5.95 Å². The Balaban J connectivity index is 1.45. The summed E-state index contributed by atoms with van der Waals surface area (Å²) in [6, 6.07) is 17.7. The minimum atomic E-state index is -0.707. The van der Waals surface area contributed by atoms with E-state index in [0.717, 1.165) is 40.8 Å². The molecule has 0 unspecified atom stereocenters. The molecule has 1 N–H and O–H groups in total. The lowest BCUT2D eigenvalue weighted by Gasteiger charge is -2.08. The van der Waals surface area contributed by atoms with Crippen LogP contribution in [0.3, 0.4) is 0 Å². The zero-order chi connectivity index (χ0) is 22.1. The van der Waals surface area contributed by atoms with Gasteiger partial charge in [-0.15, -0.1) is 0 Å². The van der Waals surface area contributed by atoms with Crippen LogP contribution in [0.4, 0.5) is 11.8 Å². The van der Waals surface area contributed by atoms with E-state index in [1.54, 1.807) is 4.68 Å². The van der Waals surface area contributed by atoms with Crippen molar-refractivity contribution in [2.24, 2.45) is 0 Å². The molecule has 160 valence electrons. The number of carbonyl (C=O) groups excluding carboxylic acids is 1. The highest BCUT2D eigenvalue weighted by Crippen LogP contribution is 2.30. The van der Waals surface area contributed by atoms with Crippen molar-refractivity contribution in [2.75, 3.05) is 5.32 Å². The number of carbonyl (C=O) groups is 1. The molecule has 2 aromatic heterocycles. The smallest absolute Gasteiger partial charge is 0.390 e. The fraction of sp³-hybridized carbons (Fsp3) is 0.182. The van der Waals surface area contributed by atoms with E-state index < -0.39 is 16.8 Å². The fourth-order valence-electron chi connectivity index (χ4n) is 3.88. The van der Waals surface area contributed by atoms with Crippen molar-refractivity contribution in [3.63, 3.8) is 0 Å². The highest BCUT2D eigenvalue weighted by atomic mass is 16.6. The molecule has 10 nitrogen and oxygen atoms in total.